The van der Waals surface area contributed by atoms with Crippen LogP contribution in [-0.2, 0) is 0 Å². The Morgan fingerprint density at radius 3 is 2.39 bits per heavy atom. The molecule has 0 radical (unpaired) electrons. The number of halogens is 2. The van der Waals surface area contributed by atoms with Gasteiger partial charge in [-0.3, -0.25) is 0 Å². The van der Waals surface area contributed by atoms with E-state index in [2.05, 4.69) is 81.4 Å². The first-order valence-corrected chi connectivity index (χ1v) is 8.26. The van der Waals surface area contributed by atoms with Crippen LogP contribution in [0.5, 0.6) is 0 Å². The van der Waals surface area contributed by atoms with Crippen molar-refractivity contribution in [3.63, 3.8) is 0 Å². The predicted octanol–water partition coefficient (Wildman–Crippen LogP) is 5.28. The van der Waals surface area contributed by atoms with Crippen LogP contribution >= 0.6 is 43.2 Å². The minimum absolute atomic E-state index is 0.267. The van der Waals surface area contributed by atoms with Crippen LogP contribution in [0.3, 0.4) is 0 Å². The summed E-state index contributed by atoms with van der Waals surface area (Å²) in [6.07, 6.45) is 0. The summed E-state index contributed by atoms with van der Waals surface area (Å²) in [4.78, 5) is 1.32. The third-order valence-corrected chi connectivity index (χ3v) is 6.09. The molecule has 2 aromatic rings. The molecule has 2 rings (SSSR count). The van der Waals surface area contributed by atoms with E-state index in [1.54, 1.807) is 11.3 Å². The van der Waals surface area contributed by atoms with Gasteiger partial charge in [-0.05, 0) is 57.0 Å². The van der Waals surface area contributed by atoms with E-state index in [0.717, 1.165) is 14.8 Å². The zero-order chi connectivity index (χ0) is 13.1. The lowest BCUT2D eigenvalue weighted by Crippen LogP contribution is -2.20. The van der Waals surface area contributed by atoms with Crippen molar-refractivity contribution in [2.24, 2.45) is 0 Å². The topological polar surface area (TPSA) is 12.0 Å². The highest BCUT2D eigenvalue weighted by Gasteiger charge is 2.16. The third-order valence-electron chi connectivity index (χ3n) is 2.77. The number of aryl methyl sites for hydroxylation is 1. The third kappa shape index (κ3) is 3.23. The van der Waals surface area contributed by atoms with E-state index in [1.807, 2.05) is 0 Å². The average molecular weight is 389 g/mol. The number of rotatable bonds is 4. The molecular weight excluding hydrogens is 374 g/mol. The molecule has 0 aliphatic rings. The van der Waals surface area contributed by atoms with E-state index in [4.69, 9.17) is 0 Å². The van der Waals surface area contributed by atoms with Gasteiger partial charge in [0, 0.05) is 9.35 Å². The summed E-state index contributed by atoms with van der Waals surface area (Å²) in [5.74, 6) is 0. The molecular formula is C14H15Br2NS. The number of thiophene rings is 1. The van der Waals surface area contributed by atoms with E-state index < -0.39 is 0 Å². The molecule has 0 saturated carbocycles. The molecule has 1 unspecified atom stereocenters. The van der Waals surface area contributed by atoms with Crippen LogP contribution in [0.1, 0.15) is 29.0 Å². The fourth-order valence-electron chi connectivity index (χ4n) is 1.85. The second kappa shape index (κ2) is 6.33. The van der Waals surface area contributed by atoms with Gasteiger partial charge in [0.15, 0.2) is 0 Å². The SMILES string of the molecule is CCNC(c1ccc(C)cc1)c1cc(Br)c(Br)s1. The Bertz CT molecular complexity index is 500. The van der Waals surface area contributed by atoms with Crippen molar-refractivity contribution in [2.75, 3.05) is 6.54 Å². The summed E-state index contributed by atoms with van der Waals surface area (Å²) in [6, 6.07) is 11.2. The van der Waals surface area contributed by atoms with Gasteiger partial charge in [-0.15, -0.1) is 11.3 Å². The first-order chi connectivity index (χ1) is 8.61. The second-order valence-corrected chi connectivity index (χ2v) is 7.43. The molecule has 1 nitrogen and oxygen atoms in total. The molecule has 1 heterocycles. The Kier molecular flexibility index (Phi) is 5.01. The van der Waals surface area contributed by atoms with Crippen LogP contribution in [0.4, 0.5) is 0 Å². The van der Waals surface area contributed by atoms with E-state index in [-0.39, 0.29) is 6.04 Å². The van der Waals surface area contributed by atoms with Gasteiger partial charge < -0.3 is 5.32 Å². The van der Waals surface area contributed by atoms with Crippen LogP contribution in [0, 0.1) is 6.92 Å². The monoisotopic (exact) mass is 387 g/mol. The molecule has 18 heavy (non-hydrogen) atoms. The van der Waals surface area contributed by atoms with Gasteiger partial charge in [0.2, 0.25) is 0 Å². The summed E-state index contributed by atoms with van der Waals surface area (Å²) >= 11 is 8.89. The summed E-state index contributed by atoms with van der Waals surface area (Å²) in [6.45, 7) is 5.20. The minimum atomic E-state index is 0.267. The zero-order valence-electron chi connectivity index (χ0n) is 10.3. The molecule has 0 aliphatic carbocycles. The van der Waals surface area contributed by atoms with Gasteiger partial charge in [0.25, 0.3) is 0 Å². The molecule has 0 saturated heterocycles. The smallest absolute Gasteiger partial charge is 0.0843 e. The molecule has 1 N–H and O–H groups in total. The first-order valence-electron chi connectivity index (χ1n) is 5.86. The summed E-state index contributed by atoms with van der Waals surface area (Å²) in [5, 5.41) is 3.54. The lowest BCUT2D eigenvalue weighted by molar-refractivity contribution is 0.639. The molecule has 0 amide bonds. The van der Waals surface area contributed by atoms with Gasteiger partial charge in [0.05, 0.1) is 9.83 Å². The van der Waals surface area contributed by atoms with Crippen molar-refractivity contribution < 1.29 is 0 Å². The van der Waals surface area contributed by atoms with Crippen LogP contribution < -0.4 is 5.32 Å². The molecule has 1 atom stereocenters. The van der Waals surface area contributed by atoms with Crippen molar-refractivity contribution in [1.82, 2.24) is 5.32 Å². The number of nitrogens with one attached hydrogen (secondary N) is 1. The average Bonchev–Trinajstić information content (AvgIpc) is 2.68. The van der Waals surface area contributed by atoms with Crippen molar-refractivity contribution in [3.8, 4) is 0 Å². The number of hydrogen-bond acceptors (Lipinski definition) is 2. The van der Waals surface area contributed by atoms with Gasteiger partial charge >= 0.3 is 0 Å². The van der Waals surface area contributed by atoms with Crippen molar-refractivity contribution in [3.05, 3.63) is 54.6 Å². The van der Waals surface area contributed by atoms with E-state index in [9.17, 15) is 0 Å². The highest BCUT2D eigenvalue weighted by Crippen LogP contribution is 2.37. The minimum Gasteiger partial charge on any atom is -0.306 e. The van der Waals surface area contributed by atoms with Gasteiger partial charge in [0.1, 0.15) is 0 Å². The van der Waals surface area contributed by atoms with Crippen LogP contribution in [0.2, 0.25) is 0 Å². The maximum absolute atomic E-state index is 3.56. The highest BCUT2D eigenvalue weighted by molar-refractivity contribution is 9.13. The van der Waals surface area contributed by atoms with Crippen LogP contribution in [0.15, 0.2) is 38.6 Å². The summed E-state index contributed by atoms with van der Waals surface area (Å²) in [5.41, 5.74) is 2.60. The van der Waals surface area contributed by atoms with E-state index >= 15 is 0 Å². The van der Waals surface area contributed by atoms with E-state index in [1.165, 1.54) is 16.0 Å². The molecule has 0 spiro atoms. The first kappa shape index (κ1) is 14.3. The lowest BCUT2D eigenvalue weighted by Gasteiger charge is -2.17. The maximum atomic E-state index is 3.56. The van der Waals surface area contributed by atoms with Gasteiger partial charge in [-0.25, -0.2) is 0 Å². The maximum Gasteiger partial charge on any atom is 0.0843 e. The lowest BCUT2D eigenvalue weighted by atomic mass is 10.0. The second-order valence-electron chi connectivity index (χ2n) is 4.17. The number of hydrogen-bond donors (Lipinski definition) is 1. The summed E-state index contributed by atoms with van der Waals surface area (Å²) < 4.78 is 2.27. The van der Waals surface area contributed by atoms with Gasteiger partial charge in [-0.1, -0.05) is 36.8 Å². The predicted molar refractivity (Wildman–Crippen MR) is 86.4 cm³/mol. The Morgan fingerprint density at radius 1 is 1.22 bits per heavy atom. The largest absolute Gasteiger partial charge is 0.306 e. The molecule has 1 aromatic carbocycles. The fraction of sp³-hybridized carbons (Fsp3) is 0.286. The molecule has 96 valence electrons. The van der Waals surface area contributed by atoms with Gasteiger partial charge in [-0.2, -0.15) is 0 Å². The van der Waals surface area contributed by atoms with Crippen LogP contribution in [0.25, 0.3) is 0 Å². The Morgan fingerprint density at radius 2 is 1.89 bits per heavy atom. The number of benzene rings is 1. The quantitative estimate of drug-likeness (QED) is 0.751. The standard InChI is InChI=1S/C14H15Br2NS/c1-3-17-13(10-6-4-9(2)5-7-10)12-8-11(15)14(16)18-12/h4-8,13,17H,3H2,1-2H3. The Hall–Kier alpha value is -0.160. The molecule has 0 bridgehead atoms. The van der Waals surface area contributed by atoms with Crippen molar-refractivity contribution >= 4 is 43.2 Å². The van der Waals surface area contributed by atoms with Crippen molar-refractivity contribution in [1.29, 1.82) is 0 Å². The Balaban J connectivity index is 2.36. The molecule has 4 heteroatoms. The fourth-order valence-corrected chi connectivity index (χ4v) is 4.04. The highest BCUT2D eigenvalue weighted by atomic mass is 79.9. The summed E-state index contributed by atoms with van der Waals surface area (Å²) in [7, 11) is 0. The van der Waals surface area contributed by atoms with Crippen molar-refractivity contribution in [2.45, 2.75) is 19.9 Å². The molecule has 1 aromatic heterocycles. The Labute approximate surface area is 129 Å². The molecule has 0 fully saturated rings. The normalized spacial score (nSPS) is 12.7. The zero-order valence-corrected chi connectivity index (χ0v) is 14.3. The van der Waals surface area contributed by atoms with E-state index in [0.29, 0.717) is 0 Å². The van der Waals surface area contributed by atoms with Crippen LogP contribution in [-0.4, -0.2) is 6.54 Å². The molecule has 0 aliphatic heterocycles.